The maximum atomic E-state index is 12.5. The number of halogens is 3. The number of hydrogen-bond acceptors (Lipinski definition) is 2. The van der Waals surface area contributed by atoms with Gasteiger partial charge in [-0.1, -0.05) is 12.1 Å². The molecule has 3 nitrogen and oxygen atoms in total. The third kappa shape index (κ3) is 2.29. The van der Waals surface area contributed by atoms with Gasteiger partial charge in [-0.05, 0) is 29.7 Å². The number of rotatable bonds is 1. The summed E-state index contributed by atoms with van der Waals surface area (Å²) in [6.07, 6.45) is -2.37. The van der Waals surface area contributed by atoms with Crippen molar-refractivity contribution in [3.05, 3.63) is 41.9 Å². The number of benzene rings is 1. The largest absolute Gasteiger partial charge is 0.459 e. The lowest BCUT2D eigenvalue weighted by Crippen LogP contribution is -2.18. The zero-order valence-corrected chi connectivity index (χ0v) is 10.3. The molecule has 1 aliphatic rings. The molecule has 6 heteroatoms. The van der Waals surface area contributed by atoms with Crippen molar-refractivity contribution in [1.29, 1.82) is 0 Å². The number of fused-ring (bicyclic) bond motifs is 1. The van der Waals surface area contributed by atoms with Crippen LogP contribution in [0.25, 0.3) is 11.1 Å². The predicted octanol–water partition coefficient (Wildman–Crippen LogP) is 3.85. The van der Waals surface area contributed by atoms with E-state index in [4.69, 9.17) is 0 Å². The topological polar surface area (TPSA) is 42.2 Å². The molecule has 20 heavy (non-hydrogen) atoms. The number of amides is 1. The van der Waals surface area contributed by atoms with Crippen LogP contribution < -0.4 is 5.32 Å². The van der Waals surface area contributed by atoms with Crippen molar-refractivity contribution in [2.24, 2.45) is 0 Å². The van der Waals surface area contributed by atoms with E-state index in [1.54, 1.807) is 12.1 Å². The van der Waals surface area contributed by atoms with Crippen LogP contribution in [0.4, 0.5) is 18.9 Å². The molecule has 0 fully saturated rings. The molecular weight excluding hydrogens is 271 g/mol. The lowest BCUT2D eigenvalue weighted by molar-refractivity contribution is -0.153. The molecule has 2 aromatic rings. The summed E-state index contributed by atoms with van der Waals surface area (Å²) in [5, 5.41) is 2.72. The first-order valence-corrected chi connectivity index (χ1v) is 6.02. The first-order chi connectivity index (χ1) is 9.43. The Morgan fingerprint density at radius 1 is 1.10 bits per heavy atom. The van der Waals surface area contributed by atoms with Gasteiger partial charge in [-0.3, -0.25) is 4.79 Å². The Hall–Kier alpha value is -2.24. The highest BCUT2D eigenvalue weighted by molar-refractivity contribution is 5.94. The maximum Gasteiger partial charge on any atom is 0.449 e. The van der Waals surface area contributed by atoms with Gasteiger partial charge in [-0.15, -0.1) is 0 Å². The molecule has 1 N–H and O–H groups in total. The quantitative estimate of drug-likeness (QED) is 0.862. The summed E-state index contributed by atoms with van der Waals surface area (Å²) >= 11 is 0. The number of carbonyl (C=O) groups is 1. The minimum absolute atomic E-state index is 0.0853. The smallest absolute Gasteiger partial charge is 0.449 e. The molecular formula is C14H10F3NO2. The van der Waals surface area contributed by atoms with Crippen molar-refractivity contribution in [3.63, 3.8) is 0 Å². The van der Waals surface area contributed by atoms with E-state index in [0.717, 1.165) is 17.9 Å². The molecule has 0 aliphatic carbocycles. The number of nitrogens with one attached hydrogen (secondary N) is 1. The van der Waals surface area contributed by atoms with Gasteiger partial charge in [-0.25, -0.2) is 0 Å². The number of hydrogen-bond donors (Lipinski definition) is 1. The van der Waals surface area contributed by atoms with E-state index in [2.05, 4.69) is 9.73 Å². The monoisotopic (exact) mass is 281 g/mol. The Kier molecular flexibility index (Phi) is 2.81. The number of anilines is 1. The molecule has 2 heterocycles. The first-order valence-electron chi connectivity index (χ1n) is 6.02. The van der Waals surface area contributed by atoms with Crippen molar-refractivity contribution < 1.29 is 22.4 Å². The van der Waals surface area contributed by atoms with Gasteiger partial charge in [-0.2, -0.15) is 13.2 Å². The van der Waals surface area contributed by atoms with Crippen LogP contribution in [-0.4, -0.2) is 5.91 Å². The molecule has 1 aromatic carbocycles. The summed E-state index contributed by atoms with van der Waals surface area (Å²) in [5.41, 5.74) is 2.53. The number of furan rings is 1. The highest BCUT2D eigenvalue weighted by Crippen LogP contribution is 2.35. The Morgan fingerprint density at radius 2 is 1.90 bits per heavy atom. The number of carbonyl (C=O) groups excluding carboxylic acids is 1. The molecule has 1 aliphatic heterocycles. The second-order valence-corrected chi connectivity index (χ2v) is 4.62. The lowest BCUT2D eigenvalue weighted by atomic mass is 9.99. The van der Waals surface area contributed by atoms with Crippen LogP contribution >= 0.6 is 0 Å². The van der Waals surface area contributed by atoms with Gasteiger partial charge in [0.25, 0.3) is 0 Å². The summed E-state index contributed by atoms with van der Waals surface area (Å²) in [4.78, 5) is 11.3. The molecule has 0 saturated carbocycles. The minimum atomic E-state index is -4.50. The Bertz CT molecular complexity index is 673. The number of aryl methyl sites for hydroxylation is 1. The van der Waals surface area contributed by atoms with Gasteiger partial charge in [0.15, 0.2) is 0 Å². The van der Waals surface area contributed by atoms with Gasteiger partial charge in [0, 0.05) is 17.7 Å². The van der Waals surface area contributed by atoms with E-state index in [1.807, 2.05) is 6.07 Å². The lowest BCUT2D eigenvalue weighted by Gasteiger charge is -2.17. The SMILES string of the molecule is O=C1CCc2ccc(-c3coc(C(F)(F)F)c3)cc2N1. The average Bonchev–Trinajstić information content (AvgIpc) is 2.87. The standard InChI is InChI=1S/C14H10F3NO2/c15-14(16,17)12-6-10(7-20-12)9-2-1-8-3-4-13(19)18-11(8)5-9/h1-2,5-7H,3-4H2,(H,18,19). The van der Waals surface area contributed by atoms with Gasteiger partial charge in [0.05, 0.1) is 6.26 Å². The second-order valence-electron chi connectivity index (χ2n) is 4.62. The Labute approximate surface area is 112 Å². The van der Waals surface area contributed by atoms with Crippen molar-refractivity contribution in [2.45, 2.75) is 19.0 Å². The third-order valence-corrected chi connectivity index (χ3v) is 3.22. The maximum absolute atomic E-state index is 12.5. The molecule has 3 rings (SSSR count). The zero-order chi connectivity index (χ0) is 14.3. The summed E-state index contributed by atoms with van der Waals surface area (Å²) in [6, 6.07) is 6.15. The normalized spacial score (nSPS) is 14.8. The van der Waals surface area contributed by atoms with E-state index < -0.39 is 11.9 Å². The van der Waals surface area contributed by atoms with E-state index >= 15 is 0 Å². The van der Waals surface area contributed by atoms with E-state index in [1.165, 1.54) is 0 Å². The molecule has 0 radical (unpaired) electrons. The molecule has 0 bridgehead atoms. The average molecular weight is 281 g/mol. The summed E-state index contributed by atoms with van der Waals surface area (Å²) < 4.78 is 42.0. The molecule has 1 amide bonds. The van der Waals surface area contributed by atoms with Gasteiger partial charge in [0.1, 0.15) is 0 Å². The Balaban J connectivity index is 1.97. The minimum Gasteiger partial charge on any atom is -0.459 e. The predicted molar refractivity (Wildman–Crippen MR) is 66.1 cm³/mol. The van der Waals surface area contributed by atoms with E-state index in [-0.39, 0.29) is 5.91 Å². The van der Waals surface area contributed by atoms with Crippen molar-refractivity contribution >= 4 is 11.6 Å². The summed E-state index contributed by atoms with van der Waals surface area (Å²) in [6.45, 7) is 0. The fourth-order valence-electron chi connectivity index (χ4n) is 2.19. The van der Waals surface area contributed by atoms with Crippen LogP contribution in [0.15, 0.2) is 34.9 Å². The summed E-state index contributed by atoms with van der Waals surface area (Å²) in [5.74, 6) is -1.12. The van der Waals surface area contributed by atoms with Crippen LogP contribution in [0.2, 0.25) is 0 Å². The second kappa shape index (κ2) is 4.40. The fourth-order valence-corrected chi connectivity index (χ4v) is 2.19. The fraction of sp³-hybridized carbons (Fsp3) is 0.214. The Morgan fingerprint density at radius 3 is 2.60 bits per heavy atom. The molecule has 0 unspecified atom stereocenters. The van der Waals surface area contributed by atoms with Crippen molar-refractivity contribution in [3.8, 4) is 11.1 Å². The van der Waals surface area contributed by atoms with E-state index in [0.29, 0.717) is 29.7 Å². The molecule has 1 aromatic heterocycles. The number of alkyl halides is 3. The molecule has 104 valence electrons. The van der Waals surface area contributed by atoms with Gasteiger partial charge >= 0.3 is 6.18 Å². The van der Waals surface area contributed by atoms with E-state index in [9.17, 15) is 18.0 Å². The van der Waals surface area contributed by atoms with Crippen LogP contribution in [-0.2, 0) is 17.4 Å². The molecule has 0 saturated heterocycles. The molecule has 0 atom stereocenters. The van der Waals surface area contributed by atoms with Crippen LogP contribution in [0.5, 0.6) is 0 Å². The van der Waals surface area contributed by atoms with Gasteiger partial charge < -0.3 is 9.73 Å². The van der Waals surface area contributed by atoms with Crippen LogP contribution in [0.3, 0.4) is 0 Å². The zero-order valence-electron chi connectivity index (χ0n) is 10.3. The highest BCUT2D eigenvalue weighted by atomic mass is 19.4. The van der Waals surface area contributed by atoms with Crippen molar-refractivity contribution in [2.75, 3.05) is 5.32 Å². The molecule has 0 spiro atoms. The highest BCUT2D eigenvalue weighted by Gasteiger charge is 2.35. The van der Waals surface area contributed by atoms with Gasteiger partial charge in [0.2, 0.25) is 11.7 Å². The third-order valence-electron chi connectivity index (χ3n) is 3.22. The first kappa shape index (κ1) is 12.8. The van der Waals surface area contributed by atoms with Crippen LogP contribution in [0.1, 0.15) is 17.7 Å². The summed E-state index contributed by atoms with van der Waals surface area (Å²) in [7, 11) is 0. The van der Waals surface area contributed by atoms with Crippen molar-refractivity contribution in [1.82, 2.24) is 0 Å². The van der Waals surface area contributed by atoms with Crippen LogP contribution in [0, 0.1) is 0 Å².